The van der Waals surface area contributed by atoms with Crippen LogP contribution in [0.25, 0.3) is 0 Å². The third-order valence-electron chi connectivity index (χ3n) is 2.79. The van der Waals surface area contributed by atoms with Crippen LogP contribution in [0.5, 0.6) is 0 Å². The van der Waals surface area contributed by atoms with Gasteiger partial charge in [-0.1, -0.05) is 0 Å². The Morgan fingerprint density at radius 1 is 1.69 bits per heavy atom. The van der Waals surface area contributed by atoms with Gasteiger partial charge in [-0.3, -0.25) is 10.1 Å². The molecule has 16 heavy (non-hydrogen) atoms. The van der Waals surface area contributed by atoms with Gasteiger partial charge >= 0.3 is 5.69 Å². The fraction of sp³-hybridized carbons (Fsp3) is 0.556. The van der Waals surface area contributed by atoms with Crippen molar-refractivity contribution >= 4 is 17.5 Å². The van der Waals surface area contributed by atoms with Gasteiger partial charge < -0.3 is 10.6 Å². The zero-order chi connectivity index (χ0) is 11.7. The first kappa shape index (κ1) is 10.6. The van der Waals surface area contributed by atoms with Crippen LogP contribution < -0.4 is 10.6 Å². The lowest BCUT2D eigenvalue weighted by atomic mass is 10.2. The Balaban J connectivity index is 2.44. The Labute approximate surface area is 92.4 Å². The van der Waals surface area contributed by atoms with Crippen molar-refractivity contribution in [2.24, 2.45) is 0 Å². The van der Waals surface area contributed by atoms with E-state index in [1.807, 2.05) is 11.8 Å². The fourth-order valence-electron chi connectivity index (χ4n) is 1.97. The third kappa shape index (κ3) is 1.75. The molecule has 2 heterocycles. The summed E-state index contributed by atoms with van der Waals surface area (Å²) in [6, 6.07) is 0.257. The third-order valence-corrected chi connectivity index (χ3v) is 2.79. The molecule has 1 aliphatic heterocycles. The predicted octanol–water partition coefficient (Wildman–Crippen LogP) is 0.956. The molecule has 0 bridgehead atoms. The van der Waals surface area contributed by atoms with Gasteiger partial charge in [-0.2, -0.15) is 4.98 Å². The van der Waals surface area contributed by atoms with Crippen LogP contribution in [0, 0.1) is 10.1 Å². The lowest BCUT2D eigenvalue weighted by molar-refractivity contribution is -0.384. The summed E-state index contributed by atoms with van der Waals surface area (Å²) in [6.45, 7) is 2.80. The maximum Gasteiger partial charge on any atom is 0.329 e. The molecular weight excluding hydrogens is 210 g/mol. The highest BCUT2D eigenvalue weighted by atomic mass is 16.6. The lowest BCUT2D eigenvalue weighted by Gasteiger charge is -2.21. The zero-order valence-electron chi connectivity index (χ0n) is 8.96. The van der Waals surface area contributed by atoms with Crippen molar-refractivity contribution in [2.45, 2.75) is 25.8 Å². The number of hydrogen-bond acceptors (Lipinski definition) is 6. The Hall–Kier alpha value is -1.92. The molecule has 0 aliphatic carbocycles. The van der Waals surface area contributed by atoms with E-state index < -0.39 is 4.92 Å². The largest absolute Gasteiger partial charge is 0.368 e. The van der Waals surface area contributed by atoms with E-state index in [0.717, 1.165) is 19.4 Å². The summed E-state index contributed by atoms with van der Waals surface area (Å²) in [7, 11) is 0. The number of nitrogens with zero attached hydrogens (tertiary/aromatic N) is 4. The van der Waals surface area contributed by atoms with Crippen LogP contribution in [0.3, 0.4) is 0 Å². The second-order valence-corrected chi connectivity index (χ2v) is 3.88. The summed E-state index contributed by atoms with van der Waals surface area (Å²) in [5.41, 5.74) is 5.39. The zero-order valence-corrected chi connectivity index (χ0v) is 8.96. The van der Waals surface area contributed by atoms with Crippen molar-refractivity contribution in [3.63, 3.8) is 0 Å². The van der Waals surface area contributed by atoms with Crippen LogP contribution in [-0.4, -0.2) is 27.5 Å². The molecule has 1 aromatic rings. The minimum Gasteiger partial charge on any atom is -0.368 e. The van der Waals surface area contributed by atoms with Gasteiger partial charge in [0.15, 0.2) is 0 Å². The number of aromatic nitrogens is 2. The topological polar surface area (TPSA) is 98.2 Å². The molecule has 86 valence electrons. The summed E-state index contributed by atoms with van der Waals surface area (Å²) in [5.74, 6) is 0.405. The van der Waals surface area contributed by atoms with Crippen molar-refractivity contribution in [1.82, 2.24) is 9.97 Å². The van der Waals surface area contributed by atoms with E-state index in [4.69, 9.17) is 5.73 Å². The van der Waals surface area contributed by atoms with Gasteiger partial charge in [-0.15, -0.1) is 0 Å². The molecule has 1 aromatic heterocycles. The molecule has 1 fully saturated rings. The number of anilines is 2. The van der Waals surface area contributed by atoms with Crippen LogP contribution in [0.4, 0.5) is 17.5 Å². The quantitative estimate of drug-likeness (QED) is 0.592. The number of nitrogen functional groups attached to an aromatic ring is 1. The molecule has 0 radical (unpaired) electrons. The molecule has 2 rings (SSSR count). The molecule has 0 saturated carbocycles. The molecule has 0 spiro atoms. The first-order chi connectivity index (χ1) is 7.59. The average molecular weight is 223 g/mol. The molecule has 1 atom stereocenters. The molecule has 7 heteroatoms. The Morgan fingerprint density at radius 3 is 3.00 bits per heavy atom. The summed E-state index contributed by atoms with van der Waals surface area (Å²) < 4.78 is 0. The Morgan fingerprint density at radius 2 is 2.44 bits per heavy atom. The molecule has 0 amide bonds. The van der Waals surface area contributed by atoms with Crippen molar-refractivity contribution in [3.05, 3.63) is 16.3 Å². The van der Waals surface area contributed by atoms with Crippen molar-refractivity contribution in [2.75, 3.05) is 17.2 Å². The Kier molecular flexibility index (Phi) is 2.59. The van der Waals surface area contributed by atoms with Crippen LogP contribution >= 0.6 is 0 Å². The van der Waals surface area contributed by atoms with Crippen molar-refractivity contribution in [3.8, 4) is 0 Å². The standard InChI is InChI=1S/C9H13N5O2/c1-6-3-2-4-13(6)8-7(14(15)16)5-11-9(10)12-8/h5-6H,2-4H2,1H3,(H2,10,11,12). The molecule has 2 N–H and O–H groups in total. The molecular formula is C9H13N5O2. The highest BCUT2D eigenvalue weighted by Crippen LogP contribution is 2.31. The normalized spacial score (nSPS) is 20.1. The molecule has 0 aromatic carbocycles. The number of rotatable bonds is 2. The van der Waals surface area contributed by atoms with E-state index in [2.05, 4.69) is 9.97 Å². The van der Waals surface area contributed by atoms with Crippen LogP contribution in [0.1, 0.15) is 19.8 Å². The van der Waals surface area contributed by atoms with Gasteiger partial charge in [0.25, 0.3) is 0 Å². The molecule has 1 unspecified atom stereocenters. The fourth-order valence-corrected chi connectivity index (χ4v) is 1.97. The highest BCUT2D eigenvalue weighted by Gasteiger charge is 2.28. The summed E-state index contributed by atoms with van der Waals surface area (Å²) in [4.78, 5) is 19.9. The first-order valence-corrected chi connectivity index (χ1v) is 5.13. The van der Waals surface area contributed by atoms with E-state index in [9.17, 15) is 10.1 Å². The number of hydrogen-bond donors (Lipinski definition) is 1. The van der Waals surface area contributed by atoms with Crippen LogP contribution in [0.2, 0.25) is 0 Å². The second-order valence-electron chi connectivity index (χ2n) is 3.88. The second kappa shape index (κ2) is 3.92. The average Bonchev–Trinajstić information content (AvgIpc) is 2.63. The van der Waals surface area contributed by atoms with Gasteiger partial charge in [0.05, 0.1) is 4.92 Å². The van der Waals surface area contributed by atoms with Gasteiger partial charge in [-0.25, -0.2) is 4.98 Å². The van der Waals surface area contributed by atoms with Gasteiger partial charge in [0.2, 0.25) is 11.8 Å². The van der Waals surface area contributed by atoms with Crippen LogP contribution in [-0.2, 0) is 0 Å². The van der Waals surface area contributed by atoms with Gasteiger partial charge in [0.1, 0.15) is 6.20 Å². The summed E-state index contributed by atoms with van der Waals surface area (Å²) in [5, 5.41) is 10.9. The Bertz CT molecular complexity index is 422. The van der Waals surface area contributed by atoms with E-state index in [-0.39, 0.29) is 17.7 Å². The van der Waals surface area contributed by atoms with E-state index >= 15 is 0 Å². The first-order valence-electron chi connectivity index (χ1n) is 5.13. The van der Waals surface area contributed by atoms with E-state index in [1.54, 1.807) is 0 Å². The molecule has 1 saturated heterocycles. The number of nitro groups is 1. The monoisotopic (exact) mass is 223 g/mol. The maximum atomic E-state index is 10.9. The molecule has 7 nitrogen and oxygen atoms in total. The highest BCUT2D eigenvalue weighted by molar-refractivity contribution is 5.59. The minimum atomic E-state index is -0.472. The maximum absolute atomic E-state index is 10.9. The van der Waals surface area contributed by atoms with Crippen molar-refractivity contribution < 1.29 is 4.92 Å². The van der Waals surface area contributed by atoms with Crippen LogP contribution in [0.15, 0.2) is 6.20 Å². The van der Waals surface area contributed by atoms with Crippen molar-refractivity contribution in [1.29, 1.82) is 0 Å². The van der Waals surface area contributed by atoms with Gasteiger partial charge in [0, 0.05) is 12.6 Å². The van der Waals surface area contributed by atoms with Gasteiger partial charge in [-0.05, 0) is 19.8 Å². The summed E-state index contributed by atoms with van der Waals surface area (Å²) in [6.07, 6.45) is 3.20. The smallest absolute Gasteiger partial charge is 0.329 e. The summed E-state index contributed by atoms with van der Waals surface area (Å²) >= 11 is 0. The molecule has 1 aliphatic rings. The lowest BCUT2D eigenvalue weighted by Crippen LogP contribution is -2.28. The minimum absolute atomic E-state index is 0.0692. The number of nitrogens with two attached hydrogens (primary N) is 1. The predicted molar refractivity (Wildman–Crippen MR) is 59.1 cm³/mol. The SMILES string of the molecule is CC1CCCN1c1nc(N)ncc1[N+](=O)[O-]. The van der Waals surface area contributed by atoms with E-state index in [0.29, 0.717) is 5.82 Å². The van der Waals surface area contributed by atoms with E-state index in [1.165, 1.54) is 6.20 Å².